The molecule has 0 unspecified atom stereocenters. The summed E-state index contributed by atoms with van der Waals surface area (Å²) in [5.74, 6) is 0.127. The normalized spacial score (nSPS) is 11.5. The first kappa shape index (κ1) is 15.4. The molecule has 0 aliphatic heterocycles. The number of aryl methyl sites for hydroxylation is 1. The lowest BCUT2D eigenvalue weighted by atomic mass is 10.1. The number of anilines is 1. The SMILES string of the molecule is Cc1cc(C(=O)CNc2ccccc2)c(C)n1C(C)(C)C. The van der Waals surface area contributed by atoms with Gasteiger partial charge in [-0.3, -0.25) is 4.79 Å². The van der Waals surface area contributed by atoms with E-state index < -0.39 is 0 Å². The minimum atomic E-state index is -0.0143. The van der Waals surface area contributed by atoms with Crippen LogP contribution in [0.5, 0.6) is 0 Å². The molecule has 0 radical (unpaired) electrons. The van der Waals surface area contributed by atoms with Gasteiger partial charge in [0.2, 0.25) is 0 Å². The molecule has 3 nitrogen and oxygen atoms in total. The maximum atomic E-state index is 12.5. The van der Waals surface area contributed by atoms with Crippen molar-refractivity contribution in [1.82, 2.24) is 4.57 Å². The number of benzene rings is 1. The smallest absolute Gasteiger partial charge is 0.183 e. The number of nitrogens with one attached hydrogen (secondary N) is 1. The minimum absolute atomic E-state index is 0.0143. The zero-order valence-electron chi connectivity index (χ0n) is 13.5. The third-order valence-corrected chi connectivity index (χ3v) is 3.63. The Hall–Kier alpha value is -2.03. The first-order chi connectivity index (χ1) is 9.80. The van der Waals surface area contributed by atoms with Crippen molar-refractivity contribution in [2.75, 3.05) is 11.9 Å². The Morgan fingerprint density at radius 1 is 1.14 bits per heavy atom. The molecule has 1 aromatic heterocycles. The number of carbonyl (C=O) groups excluding carboxylic acids is 1. The molecule has 21 heavy (non-hydrogen) atoms. The molecule has 3 heteroatoms. The first-order valence-electron chi connectivity index (χ1n) is 7.32. The fourth-order valence-electron chi connectivity index (χ4n) is 2.91. The highest BCUT2D eigenvalue weighted by Crippen LogP contribution is 2.24. The topological polar surface area (TPSA) is 34.0 Å². The standard InChI is InChI=1S/C18H24N2O/c1-13-11-16(14(2)20(13)18(3,4)5)17(21)12-19-15-9-7-6-8-10-15/h6-11,19H,12H2,1-5H3. The van der Waals surface area contributed by atoms with Gasteiger partial charge in [-0.1, -0.05) is 18.2 Å². The van der Waals surface area contributed by atoms with Crippen molar-refractivity contribution in [3.8, 4) is 0 Å². The summed E-state index contributed by atoms with van der Waals surface area (Å²) in [6, 6.07) is 11.8. The molecule has 1 heterocycles. The maximum Gasteiger partial charge on any atom is 0.183 e. The van der Waals surface area contributed by atoms with Gasteiger partial charge in [0.05, 0.1) is 6.54 Å². The highest BCUT2D eigenvalue weighted by molar-refractivity contribution is 6.00. The number of hydrogen-bond acceptors (Lipinski definition) is 2. The van der Waals surface area contributed by atoms with Crippen LogP contribution in [0.15, 0.2) is 36.4 Å². The highest BCUT2D eigenvalue weighted by Gasteiger charge is 2.22. The number of aromatic nitrogens is 1. The molecule has 0 spiro atoms. The second kappa shape index (κ2) is 5.76. The summed E-state index contributed by atoms with van der Waals surface area (Å²) < 4.78 is 2.22. The predicted molar refractivity (Wildman–Crippen MR) is 88.2 cm³/mol. The van der Waals surface area contributed by atoms with Crippen LogP contribution in [-0.2, 0) is 5.54 Å². The van der Waals surface area contributed by atoms with Crippen molar-refractivity contribution < 1.29 is 4.79 Å². The Kier molecular flexibility index (Phi) is 4.21. The van der Waals surface area contributed by atoms with E-state index in [0.717, 1.165) is 22.6 Å². The van der Waals surface area contributed by atoms with Gasteiger partial charge in [0.15, 0.2) is 5.78 Å². The van der Waals surface area contributed by atoms with E-state index in [1.165, 1.54) is 0 Å². The summed E-state index contributed by atoms with van der Waals surface area (Å²) in [6.07, 6.45) is 0. The number of rotatable bonds is 4. The molecular formula is C18H24N2O. The lowest BCUT2D eigenvalue weighted by molar-refractivity contribution is 0.101. The molecule has 2 aromatic rings. The summed E-state index contributed by atoms with van der Waals surface area (Å²) >= 11 is 0. The van der Waals surface area contributed by atoms with Gasteiger partial charge in [0.25, 0.3) is 0 Å². The largest absolute Gasteiger partial charge is 0.378 e. The third-order valence-electron chi connectivity index (χ3n) is 3.63. The lowest BCUT2D eigenvalue weighted by Gasteiger charge is -2.25. The van der Waals surface area contributed by atoms with E-state index >= 15 is 0 Å². The Morgan fingerprint density at radius 3 is 2.29 bits per heavy atom. The number of nitrogens with zero attached hydrogens (tertiary/aromatic N) is 1. The molecule has 1 N–H and O–H groups in total. The first-order valence-corrected chi connectivity index (χ1v) is 7.32. The van der Waals surface area contributed by atoms with E-state index in [0.29, 0.717) is 6.54 Å². The second-order valence-electron chi connectivity index (χ2n) is 6.43. The quantitative estimate of drug-likeness (QED) is 0.856. The van der Waals surface area contributed by atoms with Crippen molar-refractivity contribution in [3.63, 3.8) is 0 Å². The molecule has 112 valence electrons. The second-order valence-corrected chi connectivity index (χ2v) is 6.43. The fraction of sp³-hybridized carbons (Fsp3) is 0.389. The number of carbonyl (C=O) groups is 1. The molecule has 0 atom stereocenters. The van der Waals surface area contributed by atoms with Crippen LogP contribution in [-0.4, -0.2) is 16.9 Å². The number of hydrogen-bond donors (Lipinski definition) is 1. The summed E-state index contributed by atoms with van der Waals surface area (Å²) in [4.78, 5) is 12.5. The zero-order valence-corrected chi connectivity index (χ0v) is 13.5. The highest BCUT2D eigenvalue weighted by atomic mass is 16.1. The van der Waals surface area contributed by atoms with Gasteiger partial charge in [0, 0.05) is 28.2 Å². The van der Waals surface area contributed by atoms with Crippen LogP contribution in [0.1, 0.15) is 42.5 Å². The van der Waals surface area contributed by atoms with Crippen LogP contribution in [0, 0.1) is 13.8 Å². The zero-order chi connectivity index (χ0) is 15.6. The fourth-order valence-corrected chi connectivity index (χ4v) is 2.91. The number of ketones is 1. The van der Waals surface area contributed by atoms with Crippen molar-refractivity contribution in [3.05, 3.63) is 53.3 Å². The number of Topliss-reactive ketones (excluding diaryl/α,β-unsaturated/α-hetero) is 1. The van der Waals surface area contributed by atoms with Crippen molar-refractivity contribution >= 4 is 11.5 Å². The average molecular weight is 284 g/mol. The monoisotopic (exact) mass is 284 g/mol. The van der Waals surface area contributed by atoms with Gasteiger partial charge in [-0.05, 0) is 52.8 Å². The summed E-state index contributed by atoms with van der Waals surface area (Å²) in [6.45, 7) is 10.9. The Balaban J connectivity index is 2.17. The van der Waals surface area contributed by atoms with Crippen LogP contribution in [0.3, 0.4) is 0 Å². The van der Waals surface area contributed by atoms with Crippen molar-refractivity contribution in [2.45, 2.75) is 40.2 Å². The molecule has 0 aliphatic carbocycles. The third kappa shape index (κ3) is 3.35. The van der Waals surface area contributed by atoms with Crippen LogP contribution in [0.4, 0.5) is 5.69 Å². The summed E-state index contributed by atoms with van der Waals surface area (Å²) in [7, 11) is 0. The van der Waals surface area contributed by atoms with Gasteiger partial charge in [-0.15, -0.1) is 0 Å². The van der Waals surface area contributed by atoms with E-state index in [9.17, 15) is 4.79 Å². The van der Waals surface area contributed by atoms with Crippen LogP contribution in [0.2, 0.25) is 0 Å². The van der Waals surface area contributed by atoms with Gasteiger partial charge >= 0.3 is 0 Å². The van der Waals surface area contributed by atoms with E-state index in [4.69, 9.17) is 0 Å². The molecule has 0 aliphatic rings. The van der Waals surface area contributed by atoms with Crippen molar-refractivity contribution in [2.24, 2.45) is 0 Å². The average Bonchev–Trinajstić information content (AvgIpc) is 2.72. The molecule has 0 saturated heterocycles. The molecule has 2 rings (SSSR count). The molecule has 1 aromatic carbocycles. The Morgan fingerprint density at radius 2 is 1.76 bits per heavy atom. The lowest BCUT2D eigenvalue weighted by Crippen LogP contribution is -2.24. The molecule has 0 fully saturated rings. The van der Waals surface area contributed by atoms with Crippen molar-refractivity contribution in [1.29, 1.82) is 0 Å². The predicted octanol–water partition coefficient (Wildman–Crippen LogP) is 4.15. The van der Waals surface area contributed by atoms with E-state index in [1.807, 2.05) is 43.3 Å². The van der Waals surface area contributed by atoms with Gasteiger partial charge in [0.1, 0.15) is 0 Å². The maximum absolute atomic E-state index is 12.5. The molecular weight excluding hydrogens is 260 g/mol. The van der Waals surface area contributed by atoms with Crippen LogP contribution < -0.4 is 5.32 Å². The van der Waals surface area contributed by atoms with Gasteiger partial charge in [-0.2, -0.15) is 0 Å². The van der Waals surface area contributed by atoms with Gasteiger partial charge < -0.3 is 9.88 Å². The molecule has 0 saturated carbocycles. The summed E-state index contributed by atoms with van der Waals surface area (Å²) in [5.41, 5.74) is 3.93. The Bertz CT molecular complexity index is 633. The van der Waals surface area contributed by atoms with Crippen LogP contribution in [0.25, 0.3) is 0 Å². The van der Waals surface area contributed by atoms with E-state index in [-0.39, 0.29) is 11.3 Å². The molecule has 0 amide bonds. The molecule has 0 bridgehead atoms. The van der Waals surface area contributed by atoms with Crippen LogP contribution >= 0.6 is 0 Å². The minimum Gasteiger partial charge on any atom is -0.378 e. The number of para-hydroxylation sites is 1. The van der Waals surface area contributed by atoms with Gasteiger partial charge in [-0.25, -0.2) is 0 Å². The summed E-state index contributed by atoms with van der Waals surface area (Å²) in [5, 5.41) is 3.18. The van der Waals surface area contributed by atoms with E-state index in [2.05, 4.69) is 37.6 Å². The Labute approximate surface area is 127 Å². The van der Waals surface area contributed by atoms with E-state index in [1.54, 1.807) is 0 Å².